The molecule has 2 aromatic carbocycles. The van der Waals surface area contributed by atoms with Crippen LogP contribution >= 0.6 is 12.4 Å². The van der Waals surface area contributed by atoms with E-state index in [9.17, 15) is 27.2 Å². The molecule has 224 valence electrons. The molecule has 13 heteroatoms. The topological polar surface area (TPSA) is 80.3 Å². The fraction of sp³-hybridized carbons (Fsp3) is 0.500. The lowest BCUT2D eigenvalue weighted by Crippen LogP contribution is -2.50. The zero-order valence-electron chi connectivity index (χ0n) is 22.3. The van der Waals surface area contributed by atoms with E-state index in [2.05, 4.69) is 5.32 Å². The molecule has 2 saturated heterocycles. The molecule has 41 heavy (non-hydrogen) atoms. The molecule has 2 amide bonds. The molecule has 0 radical (unpaired) electrons. The molecule has 1 N–H and O–H groups in total. The highest BCUT2D eigenvalue weighted by atomic mass is 35.5. The van der Waals surface area contributed by atoms with Gasteiger partial charge in [-0.2, -0.15) is 13.2 Å². The number of carbonyl (C=O) groups is 2. The van der Waals surface area contributed by atoms with E-state index in [1.165, 1.54) is 17.0 Å². The molecule has 3 aliphatic rings. The van der Waals surface area contributed by atoms with Crippen molar-refractivity contribution in [2.75, 3.05) is 37.7 Å². The third-order valence-corrected chi connectivity index (χ3v) is 7.43. The van der Waals surface area contributed by atoms with Crippen LogP contribution in [0.2, 0.25) is 0 Å². The Morgan fingerprint density at radius 3 is 2.51 bits per heavy atom. The number of benzene rings is 2. The summed E-state index contributed by atoms with van der Waals surface area (Å²) in [6.45, 7) is 0.641. The van der Waals surface area contributed by atoms with Gasteiger partial charge in [-0.15, -0.1) is 12.4 Å². The predicted molar refractivity (Wildman–Crippen MR) is 144 cm³/mol. The number of carbonyl (C=O) groups excluding carboxylic acids is 2. The minimum atomic E-state index is -4.54. The lowest BCUT2D eigenvalue weighted by molar-refractivity contribution is -0.153. The number of cyclic esters (lactones) is 1. The highest BCUT2D eigenvalue weighted by Gasteiger charge is 2.36. The molecule has 3 aliphatic heterocycles. The number of ether oxygens (including phenoxy) is 3. The van der Waals surface area contributed by atoms with Gasteiger partial charge < -0.3 is 24.4 Å². The van der Waals surface area contributed by atoms with E-state index in [0.29, 0.717) is 48.5 Å². The molecule has 8 nitrogen and oxygen atoms in total. The lowest BCUT2D eigenvalue weighted by atomic mass is 9.99. The number of piperidine rings is 2. The average Bonchev–Trinajstić information content (AvgIpc) is 2.93. The maximum Gasteiger partial charge on any atom is 0.422 e. The van der Waals surface area contributed by atoms with Crippen LogP contribution in [0, 0.1) is 5.82 Å². The van der Waals surface area contributed by atoms with Crippen LogP contribution in [0.25, 0.3) is 0 Å². The van der Waals surface area contributed by atoms with Crippen LogP contribution in [-0.2, 0) is 22.6 Å². The zero-order chi connectivity index (χ0) is 28.3. The highest BCUT2D eigenvalue weighted by molar-refractivity contribution is 5.91. The van der Waals surface area contributed by atoms with Gasteiger partial charge in [-0.05, 0) is 57.0 Å². The van der Waals surface area contributed by atoms with Crippen molar-refractivity contribution >= 4 is 30.1 Å². The third kappa shape index (κ3) is 7.53. The molecule has 5 rings (SSSR count). The van der Waals surface area contributed by atoms with E-state index in [-0.39, 0.29) is 49.2 Å². The Bertz CT molecular complexity index is 1230. The summed E-state index contributed by atoms with van der Waals surface area (Å²) in [6.07, 6.45) is -2.84. The quantitative estimate of drug-likeness (QED) is 0.450. The summed E-state index contributed by atoms with van der Waals surface area (Å²) < 4.78 is 69.3. The second-order valence-electron chi connectivity index (χ2n) is 10.2. The first-order valence-electron chi connectivity index (χ1n) is 13.4. The number of amides is 2. The van der Waals surface area contributed by atoms with Crippen molar-refractivity contribution in [2.24, 2.45) is 0 Å². The number of hydrogen-bond acceptors (Lipinski definition) is 6. The molecule has 0 aliphatic carbocycles. The minimum absolute atomic E-state index is 0. The van der Waals surface area contributed by atoms with E-state index in [0.717, 1.165) is 25.9 Å². The van der Waals surface area contributed by atoms with E-state index >= 15 is 0 Å². The van der Waals surface area contributed by atoms with Crippen LogP contribution in [0.5, 0.6) is 11.5 Å². The Balaban J connectivity index is 0.00000387. The maximum absolute atomic E-state index is 14.3. The molecule has 0 spiro atoms. The second kappa shape index (κ2) is 13.2. The Morgan fingerprint density at radius 2 is 1.80 bits per heavy atom. The van der Waals surface area contributed by atoms with Crippen molar-refractivity contribution < 1.29 is 41.4 Å². The van der Waals surface area contributed by atoms with Gasteiger partial charge in [0.15, 0.2) is 6.61 Å². The fourth-order valence-corrected chi connectivity index (χ4v) is 5.37. The van der Waals surface area contributed by atoms with Gasteiger partial charge in [0.25, 0.3) is 0 Å². The van der Waals surface area contributed by atoms with E-state index < -0.39 is 24.7 Å². The van der Waals surface area contributed by atoms with Crippen molar-refractivity contribution in [2.45, 2.75) is 57.0 Å². The van der Waals surface area contributed by atoms with E-state index in [4.69, 9.17) is 14.2 Å². The summed E-state index contributed by atoms with van der Waals surface area (Å²) in [5.41, 5.74) is 1.12. The zero-order valence-corrected chi connectivity index (χ0v) is 23.1. The van der Waals surface area contributed by atoms with E-state index in [1.807, 2.05) is 0 Å². The highest BCUT2D eigenvalue weighted by Crippen LogP contribution is 2.34. The first-order chi connectivity index (χ1) is 19.2. The van der Waals surface area contributed by atoms with Crippen LogP contribution in [0.15, 0.2) is 36.4 Å². The Morgan fingerprint density at radius 1 is 1.07 bits per heavy atom. The number of fused-ring (bicyclic) bond motifs is 1. The van der Waals surface area contributed by atoms with Crippen LogP contribution < -0.4 is 19.7 Å². The summed E-state index contributed by atoms with van der Waals surface area (Å²) in [5, 5.41) is 3.23. The Labute approximate surface area is 241 Å². The molecule has 0 atom stereocenters. The van der Waals surface area contributed by atoms with Crippen LogP contribution in [0.1, 0.15) is 36.8 Å². The Kier molecular flexibility index (Phi) is 9.85. The van der Waals surface area contributed by atoms with Crippen molar-refractivity contribution in [3.05, 3.63) is 53.3 Å². The molecule has 0 saturated carbocycles. The molecule has 2 aromatic rings. The number of hydrogen-bond donors (Lipinski definition) is 1. The molecule has 3 heterocycles. The molecule has 2 fully saturated rings. The number of anilines is 1. The van der Waals surface area contributed by atoms with Gasteiger partial charge in [0, 0.05) is 36.3 Å². The number of alkyl halides is 3. The van der Waals surface area contributed by atoms with Gasteiger partial charge in [0.05, 0.1) is 12.1 Å². The summed E-state index contributed by atoms with van der Waals surface area (Å²) in [6, 6.07) is 8.89. The summed E-state index contributed by atoms with van der Waals surface area (Å²) in [4.78, 5) is 28.8. The smallest absolute Gasteiger partial charge is 0.422 e. The molecular weight excluding hydrogens is 570 g/mol. The average molecular weight is 602 g/mol. The van der Waals surface area contributed by atoms with E-state index in [1.54, 1.807) is 29.2 Å². The van der Waals surface area contributed by atoms with Crippen LogP contribution in [0.3, 0.4) is 0 Å². The number of nitrogens with one attached hydrogen (secondary N) is 1. The number of likely N-dealkylation sites (tertiary alicyclic amines) is 1. The van der Waals surface area contributed by atoms with Crippen molar-refractivity contribution in [3.63, 3.8) is 0 Å². The first-order valence-corrected chi connectivity index (χ1v) is 13.4. The van der Waals surface area contributed by atoms with Gasteiger partial charge in [-0.1, -0.05) is 12.1 Å². The maximum atomic E-state index is 14.3. The standard InChI is InChI=1S/C28H31F4N3O5.ClH/c29-23-2-1-3-24-22(23)16-38-27(37)35(24)19-8-12-34(13-9-19)26(36)14-18-4-5-21(40-20-6-10-33-11-7-20)15-25(18)39-17-28(30,31)32;/h1-5,15,19-20,33H,6-14,16-17H2;1H. The SMILES string of the molecule is Cl.O=C(Cc1ccc(OC2CCNCC2)cc1OCC(F)(F)F)N1CCC(N2C(=O)OCc3c(F)cccc32)CC1. The van der Waals surface area contributed by atoms with Gasteiger partial charge in [-0.25, -0.2) is 9.18 Å². The molecule has 0 bridgehead atoms. The minimum Gasteiger partial charge on any atom is -0.490 e. The fourth-order valence-electron chi connectivity index (χ4n) is 5.37. The monoisotopic (exact) mass is 601 g/mol. The van der Waals surface area contributed by atoms with Gasteiger partial charge in [0.1, 0.15) is 30.0 Å². The third-order valence-electron chi connectivity index (χ3n) is 7.43. The second-order valence-corrected chi connectivity index (χ2v) is 10.2. The van der Waals surface area contributed by atoms with Crippen molar-refractivity contribution in [3.8, 4) is 11.5 Å². The predicted octanol–water partition coefficient (Wildman–Crippen LogP) is 5.01. The number of rotatable bonds is 7. The Hall–Kier alpha value is -3.25. The van der Waals surface area contributed by atoms with Crippen molar-refractivity contribution in [1.82, 2.24) is 10.2 Å². The summed E-state index contributed by atoms with van der Waals surface area (Å²) in [7, 11) is 0. The normalized spacial score (nSPS) is 18.3. The molecular formula is C28H32ClF4N3O5. The van der Waals surface area contributed by atoms with Gasteiger partial charge in [0.2, 0.25) is 5.91 Å². The number of halogens is 5. The number of nitrogens with zero attached hydrogens (tertiary/aromatic N) is 2. The van der Waals surface area contributed by atoms with Crippen LogP contribution in [0.4, 0.5) is 28.0 Å². The van der Waals surface area contributed by atoms with Crippen LogP contribution in [-0.4, -0.2) is 68.0 Å². The lowest BCUT2D eigenvalue weighted by Gasteiger charge is -2.40. The van der Waals surface area contributed by atoms with Crippen molar-refractivity contribution in [1.29, 1.82) is 0 Å². The first kappa shape index (κ1) is 30.7. The largest absolute Gasteiger partial charge is 0.490 e. The summed E-state index contributed by atoms with van der Waals surface area (Å²) in [5.74, 6) is -0.360. The molecule has 0 unspecified atom stereocenters. The van der Waals surface area contributed by atoms with Gasteiger partial charge >= 0.3 is 12.3 Å². The van der Waals surface area contributed by atoms with Gasteiger partial charge in [-0.3, -0.25) is 9.69 Å². The molecule has 0 aromatic heterocycles. The summed E-state index contributed by atoms with van der Waals surface area (Å²) >= 11 is 0.